The van der Waals surface area contributed by atoms with Gasteiger partial charge in [0.15, 0.2) is 0 Å². The van der Waals surface area contributed by atoms with E-state index in [4.69, 9.17) is 4.74 Å². The van der Waals surface area contributed by atoms with Gasteiger partial charge in [-0.1, -0.05) is 6.42 Å². The van der Waals surface area contributed by atoms with E-state index in [1.165, 1.54) is 6.92 Å². The first-order valence-electron chi connectivity index (χ1n) is 6.26. The van der Waals surface area contributed by atoms with Crippen LogP contribution in [0.4, 0.5) is 0 Å². The normalized spacial score (nSPS) is 22.0. The molecule has 0 heterocycles. The first-order chi connectivity index (χ1) is 8.06. The van der Waals surface area contributed by atoms with Crippen molar-refractivity contribution < 1.29 is 19.1 Å². The zero-order chi connectivity index (χ0) is 12.8. The predicted molar refractivity (Wildman–Crippen MR) is 62.4 cm³/mol. The molecule has 2 unspecified atom stereocenters. The Bertz CT molecular complexity index is 309. The summed E-state index contributed by atoms with van der Waals surface area (Å²) < 4.78 is 4.87. The molecule has 0 N–H and O–H groups in total. The van der Waals surface area contributed by atoms with Crippen molar-refractivity contribution in [3.8, 4) is 0 Å². The topological polar surface area (TPSA) is 60.4 Å². The van der Waals surface area contributed by atoms with Crippen molar-refractivity contribution in [1.29, 1.82) is 0 Å². The Balaban J connectivity index is 2.62. The Morgan fingerprint density at radius 1 is 1.41 bits per heavy atom. The molecule has 0 saturated heterocycles. The van der Waals surface area contributed by atoms with Crippen molar-refractivity contribution in [2.45, 2.75) is 46.0 Å². The van der Waals surface area contributed by atoms with E-state index in [2.05, 4.69) is 0 Å². The lowest BCUT2D eigenvalue weighted by atomic mass is 9.81. The standard InChI is InChI=1S/C13H20O4/c1-3-17-13(16)11(9(2)14)8-10-6-4-5-7-12(10)15/h10-11H,3-8H2,1-2H3. The molecule has 0 spiro atoms. The number of esters is 1. The van der Waals surface area contributed by atoms with Gasteiger partial charge in [-0.05, 0) is 33.1 Å². The molecule has 1 rings (SSSR count). The molecule has 2 atom stereocenters. The summed E-state index contributed by atoms with van der Waals surface area (Å²) in [4.78, 5) is 34.7. The van der Waals surface area contributed by atoms with Crippen molar-refractivity contribution in [2.24, 2.45) is 11.8 Å². The van der Waals surface area contributed by atoms with E-state index >= 15 is 0 Å². The van der Waals surface area contributed by atoms with Gasteiger partial charge < -0.3 is 4.74 Å². The Morgan fingerprint density at radius 3 is 2.65 bits per heavy atom. The highest BCUT2D eigenvalue weighted by molar-refractivity contribution is 5.98. The van der Waals surface area contributed by atoms with Gasteiger partial charge in [0.2, 0.25) is 0 Å². The van der Waals surface area contributed by atoms with Crippen LogP contribution in [-0.2, 0) is 19.1 Å². The summed E-state index contributed by atoms with van der Waals surface area (Å²) in [5, 5.41) is 0. The monoisotopic (exact) mass is 240 g/mol. The number of carbonyl (C=O) groups excluding carboxylic acids is 3. The molecule has 1 saturated carbocycles. The maximum Gasteiger partial charge on any atom is 0.316 e. The van der Waals surface area contributed by atoms with Gasteiger partial charge in [0, 0.05) is 12.3 Å². The molecular formula is C13H20O4. The molecule has 96 valence electrons. The van der Waals surface area contributed by atoms with Crippen molar-refractivity contribution in [2.75, 3.05) is 6.61 Å². The van der Waals surface area contributed by atoms with Gasteiger partial charge in [0.25, 0.3) is 0 Å². The predicted octanol–water partition coefficient (Wildman–Crippen LogP) is 1.90. The number of rotatable bonds is 5. The van der Waals surface area contributed by atoms with Crippen LogP contribution in [0.5, 0.6) is 0 Å². The summed E-state index contributed by atoms with van der Waals surface area (Å²) in [7, 11) is 0. The number of hydrogen-bond acceptors (Lipinski definition) is 4. The lowest BCUT2D eigenvalue weighted by Crippen LogP contribution is -2.30. The van der Waals surface area contributed by atoms with Crippen molar-refractivity contribution in [1.82, 2.24) is 0 Å². The van der Waals surface area contributed by atoms with Crippen molar-refractivity contribution in [3.05, 3.63) is 0 Å². The molecule has 0 aromatic rings. The fourth-order valence-corrected chi connectivity index (χ4v) is 2.26. The third kappa shape index (κ3) is 3.95. The smallest absolute Gasteiger partial charge is 0.316 e. The highest BCUT2D eigenvalue weighted by Crippen LogP contribution is 2.27. The summed E-state index contributed by atoms with van der Waals surface area (Å²) in [6.07, 6.45) is 3.64. The van der Waals surface area contributed by atoms with Gasteiger partial charge in [-0.2, -0.15) is 0 Å². The molecule has 1 fully saturated rings. The Hall–Kier alpha value is -1.19. The van der Waals surface area contributed by atoms with Gasteiger partial charge in [-0.3, -0.25) is 14.4 Å². The van der Waals surface area contributed by atoms with Crippen molar-refractivity contribution in [3.63, 3.8) is 0 Å². The first-order valence-corrected chi connectivity index (χ1v) is 6.26. The molecule has 4 heteroatoms. The van der Waals surface area contributed by atoms with Crippen LogP contribution in [0.25, 0.3) is 0 Å². The van der Waals surface area contributed by atoms with Crippen LogP contribution in [0.2, 0.25) is 0 Å². The number of hydrogen-bond donors (Lipinski definition) is 0. The second-order valence-electron chi connectivity index (χ2n) is 4.56. The van der Waals surface area contributed by atoms with Gasteiger partial charge >= 0.3 is 5.97 Å². The van der Waals surface area contributed by atoms with E-state index < -0.39 is 11.9 Å². The zero-order valence-corrected chi connectivity index (χ0v) is 10.5. The highest BCUT2D eigenvalue weighted by atomic mass is 16.5. The molecule has 4 nitrogen and oxygen atoms in total. The summed E-state index contributed by atoms with van der Waals surface area (Å²) in [6.45, 7) is 3.36. The Morgan fingerprint density at radius 2 is 2.12 bits per heavy atom. The second kappa shape index (κ2) is 6.52. The average Bonchev–Trinajstić information content (AvgIpc) is 2.27. The van der Waals surface area contributed by atoms with Crippen LogP contribution in [0.15, 0.2) is 0 Å². The Labute approximate surface area is 102 Å². The summed E-state index contributed by atoms with van der Waals surface area (Å²) in [5.41, 5.74) is 0. The van der Waals surface area contributed by atoms with Gasteiger partial charge in [0.05, 0.1) is 6.61 Å². The average molecular weight is 240 g/mol. The minimum Gasteiger partial charge on any atom is -0.465 e. The van der Waals surface area contributed by atoms with E-state index in [1.807, 2.05) is 0 Å². The first kappa shape index (κ1) is 13.9. The van der Waals surface area contributed by atoms with E-state index in [-0.39, 0.29) is 24.1 Å². The van der Waals surface area contributed by atoms with Gasteiger partial charge in [-0.25, -0.2) is 0 Å². The molecule has 0 aromatic heterocycles. The minimum atomic E-state index is -0.762. The zero-order valence-electron chi connectivity index (χ0n) is 10.5. The van der Waals surface area contributed by atoms with Crippen LogP contribution in [0, 0.1) is 11.8 Å². The quantitative estimate of drug-likeness (QED) is 0.544. The van der Waals surface area contributed by atoms with E-state index in [0.29, 0.717) is 12.8 Å². The fourth-order valence-electron chi connectivity index (χ4n) is 2.26. The number of carbonyl (C=O) groups is 3. The lowest BCUT2D eigenvalue weighted by molar-refractivity contribution is -0.152. The molecule has 17 heavy (non-hydrogen) atoms. The fraction of sp³-hybridized carbons (Fsp3) is 0.769. The minimum absolute atomic E-state index is 0.137. The molecular weight excluding hydrogens is 220 g/mol. The largest absolute Gasteiger partial charge is 0.465 e. The second-order valence-corrected chi connectivity index (χ2v) is 4.56. The summed E-state index contributed by atoms with van der Waals surface area (Å²) in [5.74, 6) is -1.41. The molecule has 0 aromatic carbocycles. The van der Waals surface area contributed by atoms with Gasteiger partial charge in [-0.15, -0.1) is 0 Å². The molecule has 0 aliphatic heterocycles. The van der Waals surface area contributed by atoms with Crippen LogP contribution in [0.1, 0.15) is 46.0 Å². The SMILES string of the molecule is CCOC(=O)C(CC1CCCCC1=O)C(C)=O. The summed E-state index contributed by atoms with van der Waals surface area (Å²) in [6, 6.07) is 0. The number of ketones is 2. The van der Waals surface area contributed by atoms with E-state index in [0.717, 1.165) is 19.3 Å². The summed E-state index contributed by atoms with van der Waals surface area (Å²) >= 11 is 0. The van der Waals surface area contributed by atoms with Crippen LogP contribution < -0.4 is 0 Å². The maximum absolute atomic E-state index is 11.7. The van der Waals surface area contributed by atoms with E-state index in [9.17, 15) is 14.4 Å². The third-order valence-corrected chi connectivity index (χ3v) is 3.26. The Kier molecular flexibility index (Phi) is 5.32. The van der Waals surface area contributed by atoms with Crippen molar-refractivity contribution >= 4 is 17.5 Å². The molecule has 1 aliphatic carbocycles. The number of ether oxygens (including phenoxy) is 1. The molecule has 1 aliphatic rings. The van der Waals surface area contributed by atoms with E-state index in [1.54, 1.807) is 6.92 Å². The van der Waals surface area contributed by atoms with Crippen LogP contribution in [0.3, 0.4) is 0 Å². The third-order valence-electron chi connectivity index (χ3n) is 3.26. The van der Waals surface area contributed by atoms with Crippen LogP contribution >= 0.6 is 0 Å². The van der Waals surface area contributed by atoms with Crippen LogP contribution in [-0.4, -0.2) is 24.1 Å². The molecule has 0 amide bonds. The molecule has 0 bridgehead atoms. The lowest BCUT2D eigenvalue weighted by Gasteiger charge is -2.23. The maximum atomic E-state index is 11.7. The highest BCUT2D eigenvalue weighted by Gasteiger charge is 2.32. The van der Waals surface area contributed by atoms with Gasteiger partial charge in [0.1, 0.15) is 17.5 Å². The number of Topliss-reactive ketones (excluding diaryl/α,β-unsaturated/α-hetero) is 2. The molecule has 0 radical (unpaired) electrons.